The Balaban J connectivity index is 1.67. The number of carbonyl (C=O) groups excluding carboxylic acids is 1. The molecule has 1 saturated heterocycles. The lowest BCUT2D eigenvalue weighted by Crippen LogP contribution is -2.39. The van der Waals surface area contributed by atoms with E-state index in [1.165, 1.54) is 0 Å². The molecule has 1 N–H and O–H groups in total. The fraction of sp³-hybridized carbons (Fsp3) is 0.438. The Morgan fingerprint density at radius 1 is 1.45 bits per heavy atom. The third-order valence-electron chi connectivity index (χ3n) is 4.01. The van der Waals surface area contributed by atoms with Gasteiger partial charge in [-0.15, -0.1) is 0 Å². The second-order valence-electron chi connectivity index (χ2n) is 5.73. The number of aryl methyl sites for hydroxylation is 2. The number of pyridine rings is 1. The Morgan fingerprint density at radius 3 is 3.00 bits per heavy atom. The summed E-state index contributed by atoms with van der Waals surface area (Å²) in [5, 5.41) is 7.24. The van der Waals surface area contributed by atoms with Gasteiger partial charge in [-0.1, -0.05) is 6.07 Å². The van der Waals surface area contributed by atoms with Crippen molar-refractivity contribution >= 4 is 11.7 Å². The van der Waals surface area contributed by atoms with Crippen molar-refractivity contribution in [2.24, 2.45) is 7.05 Å². The highest BCUT2D eigenvalue weighted by Crippen LogP contribution is 2.21. The number of hydrogen-bond donors (Lipinski definition) is 1. The van der Waals surface area contributed by atoms with E-state index in [9.17, 15) is 4.79 Å². The first-order valence-corrected chi connectivity index (χ1v) is 7.59. The van der Waals surface area contributed by atoms with E-state index in [0.717, 1.165) is 36.6 Å². The lowest BCUT2D eigenvalue weighted by atomic mass is 10.2. The van der Waals surface area contributed by atoms with Crippen molar-refractivity contribution in [1.82, 2.24) is 19.7 Å². The zero-order valence-electron chi connectivity index (χ0n) is 13.0. The van der Waals surface area contributed by atoms with E-state index in [1.54, 1.807) is 10.9 Å². The lowest BCUT2D eigenvalue weighted by molar-refractivity contribution is -0.120. The SMILES string of the molecule is Cc1cc(NC(=O)C2CCCN2Cc2ccccn2)n(C)n1. The van der Waals surface area contributed by atoms with Crippen LogP contribution in [0.3, 0.4) is 0 Å². The van der Waals surface area contributed by atoms with E-state index in [1.807, 2.05) is 38.2 Å². The molecule has 6 nitrogen and oxygen atoms in total. The number of nitrogens with zero attached hydrogens (tertiary/aromatic N) is 4. The molecule has 1 amide bonds. The first kappa shape index (κ1) is 14.7. The minimum absolute atomic E-state index is 0.0384. The average Bonchev–Trinajstić information content (AvgIpc) is 3.07. The van der Waals surface area contributed by atoms with Gasteiger partial charge in [0.25, 0.3) is 0 Å². The molecule has 6 heteroatoms. The Labute approximate surface area is 130 Å². The van der Waals surface area contributed by atoms with Gasteiger partial charge < -0.3 is 5.32 Å². The molecule has 1 aliphatic heterocycles. The molecular formula is C16H21N5O. The van der Waals surface area contributed by atoms with Crippen molar-refractivity contribution in [3.05, 3.63) is 41.9 Å². The van der Waals surface area contributed by atoms with Crippen LogP contribution < -0.4 is 5.32 Å². The van der Waals surface area contributed by atoms with Crippen LogP contribution in [0.4, 0.5) is 5.82 Å². The number of hydrogen-bond acceptors (Lipinski definition) is 4. The van der Waals surface area contributed by atoms with Crippen LogP contribution in [0.5, 0.6) is 0 Å². The van der Waals surface area contributed by atoms with Crippen LogP contribution in [0, 0.1) is 6.92 Å². The summed E-state index contributed by atoms with van der Waals surface area (Å²) in [7, 11) is 1.84. The fourth-order valence-corrected chi connectivity index (χ4v) is 2.95. The molecule has 1 aliphatic rings. The number of aromatic nitrogens is 3. The third kappa shape index (κ3) is 3.17. The molecule has 2 aromatic heterocycles. The Hall–Kier alpha value is -2.21. The number of carbonyl (C=O) groups is 1. The Kier molecular flexibility index (Phi) is 4.20. The maximum absolute atomic E-state index is 12.6. The van der Waals surface area contributed by atoms with Crippen molar-refractivity contribution in [3.8, 4) is 0 Å². The Morgan fingerprint density at radius 2 is 2.32 bits per heavy atom. The summed E-state index contributed by atoms with van der Waals surface area (Å²) in [5.74, 6) is 0.781. The summed E-state index contributed by atoms with van der Waals surface area (Å²) in [6, 6.07) is 7.67. The van der Waals surface area contributed by atoms with Crippen molar-refractivity contribution in [1.29, 1.82) is 0 Å². The second kappa shape index (κ2) is 6.27. The molecule has 116 valence electrons. The van der Waals surface area contributed by atoms with Crippen LogP contribution in [0.2, 0.25) is 0 Å². The molecule has 0 radical (unpaired) electrons. The smallest absolute Gasteiger partial charge is 0.242 e. The summed E-state index contributed by atoms with van der Waals surface area (Å²) < 4.78 is 1.70. The quantitative estimate of drug-likeness (QED) is 0.934. The van der Waals surface area contributed by atoms with E-state index in [4.69, 9.17) is 0 Å². The summed E-state index contributed by atoms with van der Waals surface area (Å²) in [5.41, 5.74) is 1.90. The van der Waals surface area contributed by atoms with Crippen molar-refractivity contribution in [2.45, 2.75) is 32.4 Å². The predicted octanol–water partition coefficient (Wildman–Crippen LogP) is 1.73. The van der Waals surface area contributed by atoms with Crippen LogP contribution in [0.25, 0.3) is 0 Å². The highest BCUT2D eigenvalue weighted by Gasteiger charge is 2.31. The molecule has 0 bridgehead atoms. The number of amides is 1. The molecule has 3 rings (SSSR count). The van der Waals surface area contributed by atoms with E-state index in [-0.39, 0.29) is 11.9 Å². The fourth-order valence-electron chi connectivity index (χ4n) is 2.95. The van der Waals surface area contributed by atoms with E-state index in [2.05, 4.69) is 20.3 Å². The monoisotopic (exact) mass is 299 g/mol. The maximum atomic E-state index is 12.6. The van der Waals surface area contributed by atoms with Crippen molar-refractivity contribution in [3.63, 3.8) is 0 Å². The van der Waals surface area contributed by atoms with Gasteiger partial charge in [-0.25, -0.2) is 0 Å². The molecule has 2 aromatic rings. The molecule has 1 unspecified atom stereocenters. The zero-order valence-corrected chi connectivity index (χ0v) is 13.0. The molecule has 22 heavy (non-hydrogen) atoms. The van der Waals surface area contributed by atoms with Crippen molar-refractivity contribution in [2.75, 3.05) is 11.9 Å². The molecule has 0 saturated carbocycles. The van der Waals surface area contributed by atoms with Gasteiger partial charge in [0, 0.05) is 25.9 Å². The second-order valence-corrected chi connectivity index (χ2v) is 5.73. The van der Waals surface area contributed by atoms with E-state index < -0.39 is 0 Å². The number of nitrogens with one attached hydrogen (secondary N) is 1. The molecule has 3 heterocycles. The summed E-state index contributed by atoms with van der Waals surface area (Å²) in [6.07, 6.45) is 3.71. The topological polar surface area (TPSA) is 63.1 Å². The van der Waals surface area contributed by atoms with Gasteiger partial charge in [-0.05, 0) is 38.4 Å². The van der Waals surface area contributed by atoms with Gasteiger partial charge in [0.1, 0.15) is 5.82 Å². The van der Waals surface area contributed by atoms with Crippen LogP contribution >= 0.6 is 0 Å². The molecule has 0 aromatic carbocycles. The van der Waals surface area contributed by atoms with Gasteiger partial charge in [0.2, 0.25) is 5.91 Å². The lowest BCUT2D eigenvalue weighted by Gasteiger charge is -2.23. The van der Waals surface area contributed by atoms with Gasteiger partial charge >= 0.3 is 0 Å². The van der Waals surface area contributed by atoms with Gasteiger partial charge in [0.15, 0.2) is 0 Å². The van der Waals surface area contributed by atoms with Crippen LogP contribution in [0.1, 0.15) is 24.2 Å². The molecule has 1 atom stereocenters. The Bertz CT molecular complexity index is 652. The van der Waals surface area contributed by atoms with Gasteiger partial charge in [0.05, 0.1) is 17.4 Å². The van der Waals surface area contributed by atoms with E-state index >= 15 is 0 Å². The summed E-state index contributed by atoms with van der Waals surface area (Å²) in [6.45, 7) is 3.56. The van der Waals surface area contributed by atoms with Gasteiger partial charge in [-0.3, -0.25) is 19.4 Å². The predicted molar refractivity (Wildman–Crippen MR) is 84.2 cm³/mol. The summed E-state index contributed by atoms with van der Waals surface area (Å²) >= 11 is 0. The maximum Gasteiger partial charge on any atom is 0.242 e. The highest BCUT2D eigenvalue weighted by molar-refractivity contribution is 5.94. The average molecular weight is 299 g/mol. The molecular weight excluding hydrogens is 278 g/mol. The number of anilines is 1. The minimum atomic E-state index is -0.0998. The third-order valence-corrected chi connectivity index (χ3v) is 4.01. The zero-order chi connectivity index (χ0) is 15.5. The number of rotatable bonds is 4. The summed E-state index contributed by atoms with van der Waals surface area (Å²) in [4.78, 5) is 19.1. The van der Waals surface area contributed by atoms with Crippen LogP contribution in [0.15, 0.2) is 30.5 Å². The normalized spacial score (nSPS) is 18.5. The number of likely N-dealkylation sites (tertiary alicyclic amines) is 1. The van der Waals surface area contributed by atoms with Gasteiger partial charge in [-0.2, -0.15) is 5.10 Å². The highest BCUT2D eigenvalue weighted by atomic mass is 16.2. The van der Waals surface area contributed by atoms with Crippen molar-refractivity contribution < 1.29 is 4.79 Å². The van der Waals surface area contributed by atoms with Crippen LogP contribution in [-0.2, 0) is 18.4 Å². The molecule has 1 fully saturated rings. The first-order valence-electron chi connectivity index (χ1n) is 7.59. The van der Waals surface area contributed by atoms with E-state index in [0.29, 0.717) is 6.54 Å². The standard InChI is InChI=1S/C16H21N5O/c1-12-10-15(20(2)19-12)18-16(22)14-7-5-9-21(14)11-13-6-3-4-8-17-13/h3-4,6,8,10,14H,5,7,9,11H2,1-2H3,(H,18,22). The van der Waals surface area contributed by atoms with Crippen LogP contribution in [-0.4, -0.2) is 38.2 Å². The first-order chi connectivity index (χ1) is 10.6. The molecule has 0 spiro atoms. The minimum Gasteiger partial charge on any atom is -0.310 e. The largest absolute Gasteiger partial charge is 0.310 e. The molecule has 0 aliphatic carbocycles.